The highest BCUT2D eigenvalue weighted by molar-refractivity contribution is 5.86. The highest BCUT2D eigenvalue weighted by Crippen LogP contribution is 2.26. The average molecular weight is 369 g/mol. The SMILES string of the molecule is COc1ccc(CNc2nc(NCC(C)O)c3ncccc3n2)c(OC)c1. The number of nitrogens with zero attached hydrogens (tertiary/aromatic N) is 3. The van der Waals surface area contributed by atoms with Crippen LogP contribution < -0.4 is 20.1 Å². The summed E-state index contributed by atoms with van der Waals surface area (Å²) >= 11 is 0. The molecule has 0 amide bonds. The summed E-state index contributed by atoms with van der Waals surface area (Å²) in [5.74, 6) is 2.48. The average Bonchev–Trinajstić information content (AvgIpc) is 2.70. The number of hydrogen-bond donors (Lipinski definition) is 3. The summed E-state index contributed by atoms with van der Waals surface area (Å²) in [5, 5.41) is 15.9. The van der Waals surface area contributed by atoms with Gasteiger partial charge in [0.25, 0.3) is 0 Å². The van der Waals surface area contributed by atoms with Gasteiger partial charge in [-0.25, -0.2) is 4.98 Å². The number of benzene rings is 1. The number of methoxy groups -OCH3 is 2. The van der Waals surface area contributed by atoms with E-state index in [-0.39, 0.29) is 0 Å². The lowest BCUT2D eigenvalue weighted by atomic mass is 10.2. The van der Waals surface area contributed by atoms with Crippen molar-refractivity contribution in [2.75, 3.05) is 31.4 Å². The lowest BCUT2D eigenvalue weighted by Gasteiger charge is -2.13. The molecule has 142 valence electrons. The minimum atomic E-state index is -0.501. The van der Waals surface area contributed by atoms with E-state index < -0.39 is 6.10 Å². The van der Waals surface area contributed by atoms with E-state index in [4.69, 9.17) is 9.47 Å². The van der Waals surface area contributed by atoms with E-state index in [2.05, 4.69) is 25.6 Å². The Balaban J connectivity index is 1.84. The van der Waals surface area contributed by atoms with Gasteiger partial charge in [-0.05, 0) is 31.2 Å². The highest BCUT2D eigenvalue weighted by atomic mass is 16.5. The van der Waals surface area contributed by atoms with Crippen molar-refractivity contribution in [1.82, 2.24) is 15.0 Å². The number of fused-ring (bicyclic) bond motifs is 1. The quantitative estimate of drug-likeness (QED) is 0.557. The summed E-state index contributed by atoms with van der Waals surface area (Å²) in [6.07, 6.45) is 1.19. The third-order valence-electron chi connectivity index (χ3n) is 3.95. The number of aliphatic hydroxyl groups excluding tert-OH is 1. The van der Waals surface area contributed by atoms with Gasteiger partial charge >= 0.3 is 0 Å². The Kier molecular flexibility index (Phi) is 5.87. The Morgan fingerprint density at radius 2 is 1.96 bits per heavy atom. The summed E-state index contributed by atoms with van der Waals surface area (Å²) in [6, 6.07) is 9.33. The molecule has 0 aliphatic heterocycles. The van der Waals surface area contributed by atoms with E-state index >= 15 is 0 Å². The van der Waals surface area contributed by atoms with Crippen molar-refractivity contribution < 1.29 is 14.6 Å². The fourth-order valence-corrected chi connectivity index (χ4v) is 2.59. The van der Waals surface area contributed by atoms with Gasteiger partial charge in [0.15, 0.2) is 5.82 Å². The monoisotopic (exact) mass is 369 g/mol. The molecule has 2 aromatic heterocycles. The van der Waals surface area contributed by atoms with Crippen LogP contribution in [0, 0.1) is 0 Å². The second-order valence-corrected chi connectivity index (χ2v) is 6.03. The van der Waals surface area contributed by atoms with Crippen LogP contribution in [-0.2, 0) is 6.54 Å². The molecule has 0 spiro atoms. The molecule has 1 unspecified atom stereocenters. The van der Waals surface area contributed by atoms with E-state index in [1.165, 1.54) is 0 Å². The van der Waals surface area contributed by atoms with Crippen LogP contribution in [-0.4, -0.2) is 46.9 Å². The number of rotatable bonds is 8. The number of ether oxygens (including phenoxy) is 2. The van der Waals surface area contributed by atoms with E-state index in [9.17, 15) is 5.11 Å². The molecule has 27 heavy (non-hydrogen) atoms. The summed E-state index contributed by atoms with van der Waals surface area (Å²) in [5.41, 5.74) is 2.32. The van der Waals surface area contributed by atoms with Gasteiger partial charge in [0.2, 0.25) is 5.95 Å². The molecule has 1 aromatic carbocycles. The molecule has 3 N–H and O–H groups in total. The van der Waals surface area contributed by atoms with Gasteiger partial charge in [-0.2, -0.15) is 4.98 Å². The summed E-state index contributed by atoms with van der Waals surface area (Å²) in [4.78, 5) is 13.4. The van der Waals surface area contributed by atoms with Gasteiger partial charge in [-0.3, -0.25) is 4.98 Å². The molecule has 0 radical (unpaired) electrons. The van der Waals surface area contributed by atoms with Gasteiger partial charge < -0.3 is 25.2 Å². The standard InChI is InChI=1S/C19H23N5O3/c1-12(25)10-21-18-17-15(5-4-8-20-17)23-19(24-18)22-11-13-6-7-14(26-2)9-16(13)27-3/h4-9,12,25H,10-11H2,1-3H3,(H2,21,22,23,24). The van der Waals surface area contributed by atoms with Crippen molar-refractivity contribution in [3.8, 4) is 11.5 Å². The zero-order valence-electron chi connectivity index (χ0n) is 15.6. The maximum absolute atomic E-state index is 9.54. The van der Waals surface area contributed by atoms with Crippen molar-refractivity contribution >= 4 is 22.8 Å². The molecule has 3 rings (SSSR count). The normalized spacial score (nSPS) is 11.9. The second kappa shape index (κ2) is 8.50. The lowest BCUT2D eigenvalue weighted by molar-refractivity contribution is 0.208. The Morgan fingerprint density at radius 1 is 1.11 bits per heavy atom. The van der Waals surface area contributed by atoms with Crippen LogP contribution in [0.25, 0.3) is 11.0 Å². The molecule has 0 saturated carbocycles. The van der Waals surface area contributed by atoms with E-state index in [1.807, 2.05) is 30.3 Å². The predicted octanol–water partition coefficient (Wildman–Crippen LogP) is 2.45. The van der Waals surface area contributed by atoms with Crippen LogP contribution in [0.5, 0.6) is 11.5 Å². The first-order chi connectivity index (χ1) is 13.1. The van der Waals surface area contributed by atoms with Gasteiger partial charge in [-0.1, -0.05) is 0 Å². The molecule has 0 saturated heterocycles. The number of pyridine rings is 1. The zero-order chi connectivity index (χ0) is 19.2. The summed E-state index contributed by atoms with van der Waals surface area (Å²) < 4.78 is 10.6. The second-order valence-electron chi connectivity index (χ2n) is 6.03. The minimum Gasteiger partial charge on any atom is -0.497 e. The number of aromatic nitrogens is 3. The van der Waals surface area contributed by atoms with Gasteiger partial charge in [-0.15, -0.1) is 0 Å². The van der Waals surface area contributed by atoms with E-state index in [1.54, 1.807) is 27.3 Å². The molecular weight excluding hydrogens is 346 g/mol. The van der Waals surface area contributed by atoms with Crippen molar-refractivity contribution in [3.05, 3.63) is 42.1 Å². The largest absolute Gasteiger partial charge is 0.497 e. The first-order valence-electron chi connectivity index (χ1n) is 8.60. The molecule has 0 bridgehead atoms. The first kappa shape index (κ1) is 18.7. The molecule has 0 fully saturated rings. The third kappa shape index (κ3) is 4.53. The zero-order valence-corrected chi connectivity index (χ0v) is 15.6. The lowest BCUT2D eigenvalue weighted by Crippen LogP contribution is -2.17. The van der Waals surface area contributed by atoms with Gasteiger partial charge in [0, 0.05) is 30.9 Å². The van der Waals surface area contributed by atoms with Crippen LogP contribution in [0.4, 0.5) is 11.8 Å². The maximum Gasteiger partial charge on any atom is 0.225 e. The van der Waals surface area contributed by atoms with Gasteiger partial charge in [0.05, 0.1) is 25.8 Å². The summed E-state index contributed by atoms with van der Waals surface area (Å²) in [7, 11) is 3.24. The number of hydrogen-bond acceptors (Lipinski definition) is 8. The first-order valence-corrected chi connectivity index (χ1v) is 8.60. The Hall–Kier alpha value is -3.13. The molecular formula is C19H23N5O3. The fourth-order valence-electron chi connectivity index (χ4n) is 2.59. The minimum absolute atomic E-state index is 0.369. The number of anilines is 2. The molecule has 8 heteroatoms. The molecule has 8 nitrogen and oxygen atoms in total. The molecule has 0 aliphatic rings. The molecule has 0 aliphatic carbocycles. The summed E-state index contributed by atoms with van der Waals surface area (Å²) in [6.45, 7) is 2.56. The predicted molar refractivity (Wildman–Crippen MR) is 104 cm³/mol. The number of nitrogens with one attached hydrogen (secondary N) is 2. The van der Waals surface area contributed by atoms with E-state index in [0.29, 0.717) is 35.9 Å². The van der Waals surface area contributed by atoms with Crippen LogP contribution in [0.15, 0.2) is 36.5 Å². The maximum atomic E-state index is 9.54. The van der Waals surface area contributed by atoms with Crippen molar-refractivity contribution in [2.45, 2.75) is 19.6 Å². The van der Waals surface area contributed by atoms with Crippen LogP contribution >= 0.6 is 0 Å². The fraction of sp³-hybridized carbons (Fsp3) is 0.316. The van der Waals surface area contributed by atoms with Crippen LogP contribution in [0.1, 0.15) is 12.5 Å². The van der Waals surface area contributed by atoms with Gasteiger partial charge in [0.1, 0.15) is 17.0 Å². The van der Waals surface area contributed by atoms with E-state index in [0.717, 1.165) is 17.1 Å². The van der Waals surface area contributed by atoms with Crippen molar-refractivity contribution in [2.24, 2.45) is 0 Å². The Labute approximate surface area is 157 Å². The molecule has 3 aromatic rings. The highest BCUT2D eigenvalue weighted by Gasteiger charge is 2.11. The smallest absolute Gasteiger partial charge is 0.225 e. The van der Waals surface area contributed by atoms with Crippen molar-refractivity contribution in [3.63, 3.8) is 0 Å². The van der Waals surface area contributed by atoms with Crippen molar-refractivity contribution in [1.29, 1.82) is 0 Å². The van der Waals surface area contributed by atoms with Crippen LogP contribution in [0.2, 0.25) is 0 Å². The van der Waals surface area contributed by atoms with Crippen LogP contribution in [0.3, 0.4) is 0 Å². The third-order valence-corrected chi connectivity index (χ3v) is 3.95. The Morgan fingerprint density at radius 3 is 2.70 bits per heavy atom. The topological polar surface area (TPSA) is 101 Å². The number of aliphatic hydroxyl groups is 1. The Bertz CT molecular complexity index is 917. The molecule has 1 atom stereocenters. The molecule has 2 heterocycles.